The zero-order valence-corrected chi connectivity index (χ0v) is 10.2. The SMILES string of the molecule is NCC1CCCCC1COC1C=CCCC1. The average molecular weight is 223 g/mol. The van der Waals surface area contributed by atoms with Gasteiger partial charge in [0, 0.05) is 0 Å². The second-order valence-corrected chi connectivity index (χ2v) is 5.27. The van der Waals surface area contributed by atoms with Crippen molar-refractivity contribution in [2.45, 2.75) is 51.0 Å². The molecular weight excluding hydrogens is 198 g/mol. The summed E-state index contributed by atoms with van der Waals surface area (Å²) in [7, 11) is 0. The van der Waals surface area contributed by atoms with Crippen LogP contribution in [-0.4, -0.2) is 19.3 Å². The molecule has 0 saturated heterocycles. The van der Waals surface area contributed by atoms with Crippen molar-refractivity contribution in [3.05, 3.63) is 12.2 Å². The van der Waals surface area contributed by atoms with E-state index in [1.807, 2.05) is 0 Å². The lowest BCUT2D eigenvalue weighted by molar-refractivity contribution is 0.0223. The Morgan fingerprint density at radius 3 is 2.56 bits per heavy atom. The summed E-state index contributed by atoms with van der Waals surface area (Å²) in [5, 5.41) is 0. The average Bonchev–Trinajstić information content (AvgIpc) is 2.38. The maximum Gasteiger partial charge on any atom is 0.0756 e. The summed E-state index contributed by atoms with van der Waals surface area (Å²) < 4.78 is 6.01. The van der Waals surface area contributed by atoms with Gasteiger partial charge >= 0.3 is 0 Å². The van der Waals surface area contributed by atoms with Crippen LogP contribution in [0.25, 0.3) is 0 Å². The molecule has 1 fully saturated rings. The van der Waals surface area contributed by atoms with Gasteiger partial charge in [0.15, 0.2) is 0 Å². The standard InChI is InChI=1S/C14H25NO/c15-10-12-6-4-5-7-13(12)11-16-14-8-2-1-3-9-14/h2,8,12-14H,1,3-7,9-11,15H2. The fourth-order valence-electron chi connectivity index (χ4n) is 2.98. The van der Waals surface area contributed by atoms with E-state index >= 15 is 0 Å². The molecule has 0 radical (unpaired) electrons. The Hall–Kier alpha value is -0.340. The Kier molecular flexibility index (Phi) is 4.86. The molecule has 0 aliphatic heterocycles. The Morgan fingerprint density at radius 1 is 1.06 bits per heavy atom. The van der Waals surface area contributed by atoms with E-state index in [0.29, 0.717) is 17.9 Å². The van der Waals surface area contributed by atoms with E-state index in [1.165, 1.54) is 44.9 Å². The molecule has 16 heavy (non-hydrogen) atoms. The second kappa shape index (κ2) is 6.41. The molecule has 92 valence electrons. The lowest BCUT2D eigenvalue weighted by Crippen LogP contribution is -2.31. The number of allylic oxidation sites excluding steroid dienone is 1. The molecule has 0 heterocycles. The Bertz CT molecular complexity index is 227. The highest BCUT2D eigenvalue weighted by Crippen LogP contribution is 2.30. The molecule has 2 aliphatic rings. The van der Waals surface area contributed by atoms with Crippen molar-refractivity contribution in [2.24, 2.45) is 17.6 Å². The summed E-state index contributed by atoms with van der Waals surface area (Å²) in [4.78, 5) is 0. The lowest BCUT2D eigenvalue weighted by atomic mass is 9.80. The van der Waals surface area contributed by atoms with Crippen LogP contribution in [-0.2, 0) is 4.74 Å². The number of hydrogen-bond donors (Lipinski definition) is 1. The molecule has 3 unspecified atom stereocenters. The van der Waals surface area contributed by atoms with Crippen LogP contribution in [0.3, 0.4) is 0 Å². The van der Waals surface area contributed by atoms with Crippen molar-refractivity contribution >= 4 is 0 Å². The van der Waals surface area contributed by atoms with Gasteiger partial charge in [0.2, 0.25) is 0 Å². The first-order chi connectivity index (χ1) is 7.90. The molecule has 0 aromatic carbocycles. The lowest BCUT2D eigenvalue weighted by Gasteiger charge is -2.31. The predicted molar refractivity (Wildman–Crippen MR) is 67.2 cm³/mol. The van der Waals surface area contributed by atoms with Gasteiger partial charge in [-0.05, 0) is 50.5 Å². The van der Waals surface area contributed by atoms with Crippen LogP contribution in [0.4, 0.5) is 0 Å². The summed E-state index contributed by atoms with van der Waals surface area (Å²) in [5.41, 5.74) is 5.83. The molecular formula is C14H25NO. The fraction of sp³-hybridized carbons (Fsp3) is 0.857. The second-order valence-electron chi connectivity index (χ2n) is 5.27. The summed E-state index contributed by atoms with van der Waals surface area (Å²) >= 11 is 0. The molecule has 0 aromatic heterocycles. The molecule has 2 aliphatic carbocycles. The van der Waals surface area contributed by atoms with Crippen molar-refractivity contribution in [3.8, 4) is 0 Å². The van der Waals surface area contributed by atoms with Crippen molar-refractivity contribution in [3.63, 3.8) is 0 Å². The van der Waals surface area contributed by atoms with Gasteiger partial charge < -0.3 is 10.5 Å². The predicted octanol–water partition coefficient (Wildman–Crippen LogP) is 2.88. The topological polar surface area (TPSA) is 35.2 Å². The fourth-order valence-corrected chi connectivity index (χ4v) is 2.98. The maximum absolute atomic E-state index is 6.01. The molecule has 2 N–H and O–H groups in total. The first kappa shape index (κ1) is 12.1. The zero-order valence-electron chi connectivity index (χ0n) is 10.2. The Labute approximate surface area is 99.2 Å². The summed E-state index contributed by atoms with van der Waals surface area (Å²) in [6, 6.07) is 0. The quantitative estimate of drug-likeness (QED) is 0.744. The van der Waals surface area contributed by atoms with Crippen molar-refractivity contribution in [1.29, 1.82) is 0 Å². The highest BCUT2D eigenvalue weighted by Gasteiger charge is 2.24. The van der Waals surface area contributed by atoms with Gasteiger partial charge in [-0.15, -0.1) is 0 Å². The molecule has 0 amide bonds. The minimum Gasteiger partial charge on any atom is -0.374 e. The van der Waals surface area contributed by atoms with Gasteiger partial charge in [-0.1, -0.05) is 25.0 Å². The van der Waals surface area contributed by atoms with Crippen molar-refractivity contribution < 1.29 is 4.74 Å². The normalized spacial score (nSPS) is 35.2. The maximum atomic E-state index is 6.01. The van der Waals surface area contributed by atoms with Crippen LogP contribution >= 0.6 is 0 Å². The van der Waals surface area contributed by atoms with E-state index in [1.54, 1.807) is 0 Å². The highest BCUT2D eigenvalue weighted by molar-refractivity contribution is 4.94. The van der Waals surface area contributed by atoms with Gasteiger partial charge in [0.25, 0.3) is 0 Å². The van der Waals surface area contributed by atoms with Gasteiger partial charge in [0.05, 0.1) is 12.7 Å². The number of hydrogen-bond acceptors (Lipinski definition) is 2. The molecule has 2 nitrogen and oxygen atoms in total. The Balaban J connectivity index is 1.74. The molecule has 2 heteroatoms. The molecule has 1 saturated carbocycles. The first-order valence-corrected chi connectivity index (χ1v) is 6.88. The van der Waals surface area contributed by atoms with E-state index < -0.39 is 0 Å². The van der Waals surface area contributed by atoms with E-state index in [-0.39, 0.29) is 0 Å². The minimum absolute atomic E-state index is 0.383. The summed E-state index contributed by atoms with van der Waals surface area (Å²) in [6.07, 6.45) is 14.0. The minimum atomic E-state index is 0.383. The third-order valence-corrected chi connectivity index (χ3v) is 4.10. The zero-order chi connectivity index (χ0) is 11.2. The highest BCUT2D eigenvalue weighted by atomic mass is 16.5. The van der Waals surface area contributed by atoms with Gasteiger partial charge in [-0.25, -0.2) is 0 Å². The largest absolute Gasteiger partial charge is 0.374 e. The van der Waals surface area contributed by atoms with Crippen LogP contribution in [0.15, 0.2) is 12.2 Å². The first-order valence-electron chi connectivity index (χ1n) is 6.88. The third-order valence-electron chi connectivity index (χ3n) is 4.10. The third kappa shape index (κ3) is 3.33. The van der Waals surface area contributed by atoms with Gasteiger partial charge in [0.1, 0.15) is 0 Å². The monoisotopic (exact) mass is 223 g/mol. The van der Waals surface area contributed by atoms with E-state index in [9.17, 15) is 0 Å². The molecule has 2 rings (SSSR count). The smallest absolute Gasteiger partial charge is 0.0756 e. The van der Waals surface area contributed by atoms with Crippen molar-refractivity contribution in [1.82, 2.24) is 0 Å². The molecule has 3 atom stereocenters. The van der Waals surface area contributed by atoms with E-state index in [0.717, 1.165) is 13.2 Å². The van der Waals surface area contributed by atoms with Crippen LogP contribution in [0, 0.1) is 11.8 Å². The van der Waals surface area contributed by atoms with Crippen LogP contribution in [0.2, 0.25) is 0 Å². The number of rotatable bonds is 4. The van der Waals surface area contributed by atoms with E-state index in [4.69, 9.17) is 10.5 Å². The number of nitrogens with two attached hydrogens (primary N) is 1. The number of ether oxygens (including phenoxy) is 1. The van der Waals surface area contributed by atoms with E-state index in [2.05, 4.69) is 12.2 Å². The summed E-state index contributed by atoms with van der Waals surface area (Å²) in [6.45, 7) is 1.77. The molecule has 0 spiro atoms. The molecule has 0 bridgehead atoms. The van der Waals surface area contributed by atoms with Crippen LogP contribution < -0.4 is 5.73 Å². The Morgan fingerprint density at radius 2 is 1.88 bits per heavy atom. The molecule has 0 aromatic rings. The summed E-state index contributed by atoms with van der Waals surface area (Å²) in [5.74, 6) is 1.43. The van der Waals surface area contributed by atoms with Crippen LogP contribution in [0.5, 0.6) is 0 Å². The van der Waals surface area contributed by atoms with Gasteiger partial charge in [-0.3, -0.25) is 0 Å². The van der Waals surface area contributed by atoms with Gasteiger partial charge in [-0.2, -0.15) is 0 Å². The van der Waals surface area contributed by atoms with Crippen LogP contribution in [0.1, 0.15) is 44.9 Å². The van der Waals surface area contributed by atoms with Crippen molar-refractivity contribution in [2.75, 3.05) is 13.2 Å².